The summed E-state index contributed by atoms with van der Waals surface area (Å²) in [5, 5.41) is 9.17. The summed E-state index contributed by atoms with van der Waals surface area (Å²) in [5.74, 6) is 1.66. The van der Waals surface area contributed by atoms with E-state index in [2.05, 4.69) is 109 Å². The molecule has 0 heterocycles. The maximum Gasteiger partial charge on any atom is 0.122 e. The Morgan fingerprint density at radius 3 is 1.65 bits per heavy atom. The fraction of sp³-hybridized carbons (Fsp3) is 0.190. The van der Waals surface area contributed by atoms with E-state index in [1.807, 2.05) is 26.0 Å². The van der Waals surface area contributed by atoms with Crippen molar-refractivity contribution in [1.29, 1.82) is 0 Å². The van der Waals surface area contributed by atoms with Gasteiger partial charge >= 0.3 is 0 Å². The molecule has 4 heteroatoms. The minimum absolute atomic E-state index is 0.407. The molecule has 4 nitrogen and oxygen atoms in total. The van der Waals surface area contributed by atoms with Gasteiger partial charge in [-0.3, -0.25) is 0 Å². The van der Waals surface area contributed by atoms with Crippen LogP contribution in [0.3, 0.4) is 0 Å². The molecule has 0 atom stereocenters. The fourth-order valence-electron chi connectivity index (χ4n) is 7.05. The van der Waals surface area contributed by atoms with E-state index in [-0.39, 0.29) is 0 Å². The molecule has 0 amide bonds. The second kappa shape index (κ2) is 13.0. The summed E-state index contributed by atoms with van der Waals surface area (Å²) in [6.45, 7) is 5.85. The summed E-state index contributed by atoms with van der Waals surface area (Å²) in [6.07, 6.45) is 10.4. The van der Waals surface area contributed by atoms with E-state index in [1.165, 1.54) is 54.2 Å². The second-order valence-electron chi connectivity index (χ2n) is 11.6. The van der Waals surface area contributed by atoms with Gasteiger partial charge in [-0.05, 0) is 98.8 Å². The first kappa shape index (κ1) is 29.5. The van der Waals surface area contributed by atoms with Crippen molar-refractivity contribution in [3.63, 3.8) is 0 Å². The van der Waals surface area contributed by atoms with Gasteiger partial charge in [-0.2, -0.15) is 0 Å². The van der Waals surface area contributed by atoms with E-state index in [0.717, 1.165) is 17.9 Å². The maximum absolute atomic E-state index is 6.01. The third-order valence-electron chi connectivity index (χ3n) is 8.99. The molecular formula is C42H38O4. The van der Waals surface area contributed by atoms with Crippen LogP contribution in [-0.2, 0) is 14.9 Å². The lowest BCUT2D eigenvalue weighted by molar-refractivity contribution is 0.178. The molecule has 6 aromatic rings. The Kier molecular flexibility index (Phi) is 8.35. The van der Waals surface area contributed by atoms with Crippen LogP contribution < -0.4 is 14.7 Å². The second-order valence-corrected chi connectivity index (χ2v) is 11.6. The van der Waals surface area contributed by atoms with E-state index < -0.39 is 5.41 Å². The number of hydrogen-bond acceptors (Lipinski definition) is 4. The molecule has 0 fully saturated rings. The van der Waals surface area contributed by atoms with E-state index in [0.29, 0.717) is 26.4 Å². The molecule has 0 bridgehead atoms. The van der Waals surface area contributed by atoms with Crippen molar-refractivity contribution in [3.05, 3.63) is 150 Å². The van der Waals surface area contributed by atoms with Crippen LogP contribution in [0.2, 0.25) is 0 Å². The van der Waals surface area contributed by atoms with E-state index in [1.54, 1.807) is 12.5 Å². The highest BCUT2D eigenvalue weighted by Gasteiger charge is 2.39. The summed E-state index contributed by atoms with van der Waals surface area (Å²) in [5.41, 5.74) is 3.35. The van der Waals surface area contributed by atoms with Gasteiger partial charge in [-0.15, -0.1) is 0 Å². The standard InChI is InChI=1S/C42H38O4/c1-3-24-43-26-28-45-33-18-14-31(15-19-33)42(32-16-20-34(21-17-32)46-29-27-44-25-4-2)23-22-38-36-11-6-9-30-8-5-10-35(40(30)36)37-12-7-13-39(42)41(37)38/h3-22,24-25H,23,26-29H2,1-2H3. The third-order valence-corrected chi connectivity index (χ3v) is 8.99. The summed E-state index contributed by atoms with van der Waals surface area (Å²) in [7, 11) is 0. The highest BCUT2D eigenvalue weighted by molar-refractivity contribution is 6.22. The van der Waals surface area contributed by atoms with Crippen molar-refractivity contribution >= 4 is 38.4 Å². The van der Waals surface area contributed by atoms with Crippen molar-refractivity contribution in [1.82, 2.24) is 0 Å². The molecule has 0 radical (unpaired) electrons. The number of benzene rings is 6. The summed E-state index contributed by atoms with van der Waals surface area (Å²) in [6, 6.07) is 37.4. The Bertz CT molecular complexity index is 2020. The molecule has 6 aromatic carbocycles. The molecule has 230 valence electrons. The molecule has 0 saturated heterocycles. The number of fused-ring (bicyclic) bond motifs is 2. The van der Waals surface area contributed by atoms with E-state index in [4.69, 9.17) is 18.9 Å². The minimum Gasteiger partial charge on any atom is -0.498 e. The molecule has 0 unspecified atom stereocenters. The van der Waals surface area contributed by atoms with Crippen molar-refractivity contribution in [2.75, 3.05) is 26.4 Å². The smallest absolute Gasteiger partial charge is 0.122 e. The first-order chi connectivity index (χ1) is 22.7. The molecule has 0 aromatic heterocycles. The van der Waals surface area contributed by atoms with Gasteiger partial charge in [0.2, 0.25) is 0 Å². The van der Waals surface area contributed by atoms with Gasteiger partial charge in [0.25, 0.3) is 0 Å². The van der Waals surface area contributed by atoms with Crippen LogP contribution in [0.5, 0.6) is 11.5 Å². The van der Waals surface area contributed by atoms with Gasteiger partial charge in [0.05, 0.1) is 12.5 Å². The first-order valence-electron chi connectivity index (χ1n) is 16.0. The van der Waals surface area contributed by atoms with Crippen molar-refractivity contribution in [2.45, 2.75) is 25.7 Å². The van der Waals surface area contributed by atoms with Crippen LogP contribution in [0.1, 0.15) is 37.0 Å². The van der Waals surface area contributed by atoms with Crippen LogP contribution >= 0.6 is 0 Å². The van der Waals surface area contributed by atoms with Gasteiger partial charge in [0.1, 0.15) is 37.9 Å². The SMILES string of the molecule is CC=COCCOc1ccc(C2(c3ccc(OCCOC=CC)cc3)CC=c3c4cccc5cccc(c6cccc2c36)c54)cc1. The first-order valence-corrected chi connectivity index (χ1v) is 16.0. The zero-order valence-electron chi connectivity index (χ0n) is 26.4. The summed E-state index contributed by atoms with van der Waals surface area (Å²) < 4.78 is 22.9. The van der Waals surface area contributed by atoms with Crippen LogP contribution in [-0.4, -0.2) is 26.4 Å². The molecule has 0 N–H and O–H groups in total. The van der Waals surface area contributed by atoms with Gasteiger partial charge in [-0.25, -0.2) is 0 Å². The van der Waals surface area contributed by atoms with Gasteiger partial charge in [0.15, 0.2) is 0 Å². The molecule has 0 spiro atoms. The van der Waals surface area contributed by atoms with Gasteiger partial charge < -0.3 is 18.9 Å². The average Bonchev–Trinajstić information content (AvgIpc) is 3.11. The molecule has 0 aliphatic heterocycles. The molecule has 1 aliphatic carbocycles. The predicted octanol–water partition coefficient (Wildman–Crippen LogP) is 9.24. The minimum atomic E-state index is -0.407. The lowest BCUT2D eigenvalue weighted by Gasteiger charge is -2.38. The van der Waals surface area contributed by atoms with E-state index in [9.17, 15) is 0 Å². The van der Waals surface area contributed by atoms with Crippen molar-refractivity contribution in [2.24, 2.45) is 0 Å². The highest BCUT2D eigenvalue weighted by Crippen LogP contribution is 2.48. The lowest BCUT2D eigenvalue weighted by atomic mass is 9.64. The quantitative estimate of drug-likeness (QED) is 0.0602. The number of rotatable bonds is 12. The fourth-order valence-corrected chi connectivity index (χ4v) is 7.05. The number of ether oxygens (including phenoxy) is 4. The van der Waals surface area contributed by atoms with Gasteiger partial charge in [-0.1, -0.05) is 97.1 Å². The molecule has 46 heavy (non-hydrogen) atoms. The van der Waals surface area contributed by atoms with Crippen LogP contribution in [0, 0.1) is 0 Å². The van der Waals surface area contributed by atoms with Gasteiger partial charge in [0, 0.05) is 5.41 Å². The van der Waals surface area contributed by atoms with Crippen LogP contribution in [0.4, 0.5) is 0 Å². The monoisotopic (exact) mass is 606 g/mol. The zero-order chi connectivity index (χ0) is 31.3. The van der Waals surface area contributed by atoms with Crippen molar-refractivity contribution in [3.8, 4) is 11.5 Å². The largest absolute Gasteiger partial charge is 0.498 e. The lowest BCUT2D eigenvalue weighted by Crippen LogP contribution is -2.33. The molecular weight excluding hydrogens is 568 g/mol. The summed E-state index contributed by atoms with van der Waals surface area (Å²) in [4.78, 5) is 0. The Labute approximate surface area is 270 Å². The number of allylic oxidation sites excluding steroid dienone is 2. The third kappa shape index (κ3) is 5.24. The summed E-state index contributed by atoms with van der Waals surface area (Å²) >= 11 is 0. The predicted molar refractivity (Wildman–Crippen MR) is 189 cm³/mol. The molecule has 1 aliphatic rings. The van der Waals surface area contributed by atoms with Crippen LogP contribution in [0.25, 0.3) is 38.4 Å². The Morgan fingerprint density at radius 1 is 0.565 bits per heavy atom. The topological polar surface area (TPSA) is 36.9 Å². The Hall–Kier alpha value is -5.22. The Morgan fingerprint density at radius 2 is 1.09 bits per heavy atom. The number of hydrogen-bond donors (Lipinski definition) is 0. The Balaban J connectivity index is 1.35. The van der Waals surface area contributed by atoms with Crippen molar-refractivity contribution < 1.29 is 18.9 Å². The van der Waals surface area contributed by atoms with Crippen LogP contribution in [0.15, 0.2) is 128 Å². The normalized spacial score (nSPS) is 16.0. The maximum atomic E-state index is 6.01. The zero-order valence-corrected chi connectivity index (χ0v) is 26.4. The molecule has 0 saturated carbocycles. The molecule has 7 rings (SSSR count). The highest BCUT2D eigenvalue weighted by atomic mass is 16.5. The average molecular weight is 607 g/mol. The van der Waals surface area contributed by atoms with E-state index >= 15 is 0 Å².